The molecule has 0 unspecified atom stereocenters. The Morgan fingerprint density at radius 3 is 2.80 bits per heavy atom. The normalized spacial score (nSPS) is 18.4. The molecular weight excluding hydrogens is 319 g/mol. The van der Waals surface area contributed by atoms with Gasteiger partial charge in [0.25, 0.3) is 0 Å². The van der Waals surface area contributed by atoms with Gasteiger partial charge in [0.05, 0.1) is 6.20 Å². The third-order valence-electron chi connectivity index (χ3n) is 4.58. The summed E-state index contributed by atoms with van der Waals surface area (Å²) < 4.78 is 19.7. The van der Waals surface area contributed by atoms with Gasteiger partial charge in [-0.05, 0) is 30.9 Å². The Morgan fingerprint density at radius 2 is 2.08 bits per heavy atom. The molecule has 1 aromatic heterocycles. The van der Waals surface area contributed by atoms with Crippen molar-refractivity contribution >= 4 is 5.91 Å². The number of halogens is 1. The van der Waals surface area contributed by atoms with Crippen molar-refractivity contribution in [1.82, 2.24) is 9.88 Å². The molecule has 25 heavy (non-hydrogen) atoms. The van der Waals surface area contributed by atoms with E-state index < -0.39 is 5.41 Å². The quantitative estimate of drug-likeness (QED) is 0.823. The maximum absolute atomic E-state index is 13.8. The van der Waals surface area contributed by atoms with Crippen molar-refractivity contribution in [3.8, 4) is 0 Å². The summed E-state index contributed by atoms with van der Waals surface area (Å²) in [5.41, 5.74) is 0.148. The van der Waals surface area contributed by atoms with E-state index in [-0.39, 0.29) is 17.8 Å². The van der Waals surface area contributed by atoms with E-state index in [1.165, 1.54) is 6.07 Å². The molecule has 1 fully saturated rings. The Labute approximate surface area is 148 Å². The Balaban J connectivity index is 1.80. The van der Waals surface area contributed by atoms with Crippen LogP contribution in [0.1, 0.15) is 63.3 Å². The number of piperidine rings is 1. The highest BCUT2D eigenvalue weighted by Crippen LogP contribution is 2.34. The van der Waals surface area contributed by atoms with Gasteiger partial charge in [-0.1, -0.05) is 39.0 Å². The number of amides is 1. The second kappa shape index (κ2) is 6.98. The molecule has 1 atom stereocenters. The van der Waals surface area contributed by atoms with Gasteiger partial charge in [0.15, 0.2) is 0 Å². The number of benzene rings is 1. The third-order valence-corrected chi connectivity index (χ3v) is 4.58. The average Bonchev–Trinajstić information content (AvgIpc) is 3.04. The molecule has 1 amide bonds. The van der Waals surface area contributed by atoms with E-state index in [9.17, 15) is 9.18 Å². The molecule has 0 aliphatic carbocycles. The number of likely N-dealkylation sites (tertiary alicyclic amines) is 1. The molecule has 1 aromatic carbocycles. The number of rotatable bonds is 3. The summed E-state index contributed by atoms with van der Waals surface area (Å²) in [6.07, 6.45) is 4.90. The van der Waals surface area contributed by atoms with Crippen molar-refractivity contribution in [2.75, 3.05) is 6.54 Å². The van der Waals surface area contributed by atoms with Gasteiger partial charge in [-0.15, -0.1) is 0 Å². The summed E-state index contributed by atoms with van der Waals surface area (Å²) in [6, 6.07) is 6.53. The summed E-state index contributed by atoms with van der Waals surface area (Å²) in [7, 11) is 0. The largest absolute Gasteiger partial charge is 0.443 e. The lowest BCUT2D eigenvalue weighted by atomic mass is 9.91. The summed E-state index contributed by atoms with van der Waals surface area (Å²) in [6.45, 7) is 6.52. The molecule has 1 aliphatic heterocycles. The number of carbonyl (C=O) groups is 1. The van der Waals surface area contributed by atoms with Crippen molar-refractivity contribution in [3.05, 3.63) is 53.5 Å². The zero-order chi connectivity index (χ0) is 18.0. The number of carbonyl (C=O) groups excluding carboxylic acids is 1. The van der Waals surface area contributed by atoms with E-state index in [1.807, 2.05) is 25.7 Å². The summed E-state index contributed by atoms with van der Waals surface area (Å²) in [5, 5.41) is 0. The molecular formula is C20H25FN2O2. The fourth-order valence-electron chi connectivity index (χ4n) is 3.25. The first kappa shape index (κ1) is 17.6. The number of aromatic nitrogens is 1. The first-order valence-corrected chi connectivity index (χ1v) is 8.85. The Kier molecular flexibility index (Phi) is 4.93. The molecule has 5 heteroatoms. The second-order valence-corrected chi connectivity index (χ2v) is 7.69. The maximum atomic E-state index is 13.8. The molecule has 4 nitrogen and oxygen atoms in total. The smallest absolute Gasteiger partial charge is 0.228 e. The molecule has 0 bridgehead atoms. The van der Waals surface area contributed by atoms with Gasteiger partial charge in [0.2, 0.25) is 11.8 Å². The number of hydrogen-bond acceptors (Lipinski definition) is 3. The van der Waals surface area contributed by atoms with Gasteiger partial charge in [0, 0.05) is 18.4 Å². The zero-order valence-corrected chi connectivity index (χ0v) is 15.1. The topological polar surface area (TPSA) is 46.3 Å². The molecule has 1 aliphatic rings. The van der Waals surface area contributed by atoms with Gasteiger partial charge >= 0.3 is 0 Å². The van der Waals surface area contributed by atoms with Crippen molar-refractivity contribution < 1.29 is 13.6 Å². The molecule has 0 saturated carbocycles. The second-order valence-electron chi connectivity index (χ2n) is 7.69. The average molecular weight is 344 g/mol. The van der Waals surface area contributed by atoms with Crippen molar-refractivity contribution in [2.45, 2.75) is 52.5 Å². The molecule has 1 saturated heterocycles. The fraction of sp³-hybridized carbons (Fsp3) is 0.500. The van der Waals surface area contributed by atoms with E-state index in [0.29, 0.717) is 23.6 Å². The fourth-order valence-corrected chi connectivity index (χ4v) is 3.25. The lowest BCUT2D eigenvalue weighted by molar-refractivity contribution is -0.144. The lowest BCUT2D eigenvalue weighted by Gasteiger charge is -2.37. The standard InChI is InChI=1S/C20H25FN2O2/c1-20(2,3)19(24)23-11-7-6-10-17(23)18-22-13-15(25-18)12-14-8-4-5-9-16(14)21/h4-5,8-9,13,17H,6-7,10-12H2,1-3H3/t17-/m0/s1. The number of hydrogen-bond donors (Lipinski definition) is 0. The first-order chi connectivity index (χ1) is 11.9. The van der Waals surface area contributed by atoms with Crippen LogP contribution in [0.5, 0.6) is 0 Å². The van der Waals surface area contributed by atoms with Crippen LogP contribution in [0, 0.1) is 11.2 Å². The van der Waals surface area contributed by atoms with Crippen LogP contribution >= 0.6 is 0 Å². The monoisotopic (exact) mass is 344 g/mol. The molecule has 0 spiro atoms. The Bertz CT molecular complexity index is 748. The van der Waals surface area contributed by atoms with Crippen LogP contribution in [0.2, 0.25) is 0 Å². The Hall–Kier alpha value is -2.17. The molecule has 2 heterocycles. The van der Waals surface area contributed by atoms with Crippen LogP contribution in [0.4, 0.5) is 4.39 Å². The van der Waals surface area contributed by atoms with E-state index in [0.717, 1.165) is 25.8 Å². The predicted octanol–water partition coefficient (Wildman–Crippen LogP) is 4.50. The summed E-state index contributed by atoms with van der Waals surface area (Å²) >= 11 is 0. The molecule has 2 aromatic rings. The van der Waals surface area contributed by atoms with Crippen LogP contribution in [0.15, 0.2) is 34.9 Å². The minimum atomic E-state index is -0.432. The van der Waals surface area contributed by atoms with Gasteiger partial charge in [-0.2, -0.15) is 0 Å². The summed E-state index contributed by atoms with van der Waals surface area (Å²) in [5.74, 6) is 1.05. The number of oxazole rings is 1. The number of nitrogens with zero attached hydrogens (tertiary/aromatic N) is 2. The first-order valence-electron chi connectivity index (χ1n) is 8.85. The highest BCUT2D eigenvalue weighted by Gasteiger charge is 2.36. The molecule has 3 rings (SSSR count). The van der Waals surface area contributed by atoms with Gasteiger partial charge in [-0.3, -0.25) is 4.79 Å². The van der Waals surface area contributed by atoms with Gasteiger partial charge in [-0.25, -0.2) is 9.37 Å². The van der Waals surface area contributed by atoms with Crippen LogP contribution < -0.4 is 0 Å². The highest BCUT2D eigenvalue weighted by molar-refractivity contribution is 5.82. The minimum Gasteiger partial charge on any atom is -0.443 e. The SMILES string of the molecule is CC(C)(C)C(=O)N1CCCC[C@H]1c1ncc(Cc2ccccc2F)o1. The third kappa shape index (κ3) is 3.91. The van der Waals surface area contributed by atoms with Crippen molar-refractivity contribution in [1.29, 1.82) is 0 Å². The molecule has 0 N–H and O–H groups in total. The van der Waals surface area contributed by atoms with Crippen LogP contribution in [-0.2, 0) is 11.2 Å². The summed E-state index contributed by atoms with van der Waals surface area (Å²) in [4.78, 5) is 19.0. The maximum Gasteiger partial charge on any atom is 0.228 e. The lowest BCUT2D eigenvalue weighted by Crippen LogP contribution is -2.44. The van der Waals surface area contributed by atoms with E-state index in [4.69, 9.17) is 4.42 Å². The molecule has 134 valence electrons. The van der Waals surface area contributed by atoms with Crippen LogP contribution in [0.25, 0.3) is 0 Å². The van der Waals surface area contributed by atoms with E-state index >= 15 is 0 Å². The Morgan fingerprint density at radius 1 is 1.32 bits per heavy atom. The predicted molar refractivity (Wildman–Crippen MR) is 93.5 cm³/mol. The minimum absolute atomic E-state index is 0.117. The van der Waals surface area contributed by atoms with Crippen molar-refractivity contribution in [3.63, 3.8) is 0 Å². The zero-order valence-electron chi connectivity index (χ0n) is 15.1. The highest BCUT2D eigenvalue weighted by atomic mass is 19.1. The van der Waals surface area contributed by atoms with E-state index in [1.54, 1.807) is 24.4 Å². The molecule has 0 radical (unpaired) electrons. The van der Waals surface area contributed by atoms with Crippen molar-refractivity contribution in [2.24, 2.45) is 5.41 Å². The van der Waals surface area contributed by atoms with Gasteiger partial charge < -0.3 is 9.32 Å². The van der Waals surface area contributed by atoms with Crippen LogP contribution in [-0.4, -0.2) is 22.3 Å². The van der Waals surface area contributed by atoms with E-state index in [2.05, 4.69) is 4.98 Å². The van der Waals surface area contributed by atoms with Gasteiger partial charge in [0.1, 0.15) is 17.6 Å². The van der Waals surface area contributed by atoms with Crippen LogP contribution in [0.3, 0.4) is 0 Å².